The summed E-state index contributed by atoms with van der Waals surface area (Å²) in [5.41, 5.74) is 0.823. The van der Waals surface area contributed by atoms with Crippen LogP contribution in [0.1, 0.15) is 117 Å². The molecule has 0 aromatic rings. The Balaban J connectivity index is -0.000000364. The Hall–Kier alpha value is -0.580. The van der Waals surface area contributed by atoms with Gasteiger partial charge in [0.25, 0.3) is 0 Å². The Bertz CT molecular complexity index is 624. The van der Waals surface area contributed by atoms with Crippen molar-refractivity contribution < 1.29 is 8.42 Å². The van der Waals surface area contributed by atoms with Gasteiger partial charge in [-0.05, 0) is 57.8 Å². The van der Waals surface area contributed by atoms with E-state index in [2.05, 4.69) is 58.5 Å². The van der Waals surface area contributed by atoms with Crippen LogP contribution in [0.25, 0.3) is 0 Å². The van der Waals surface area contributed by atoms with Gasteiger partial charge in [0.1, 0.15) is 5.84 Å². The van der Waals surface area contributed by atoms with Crippen LogP contribution in [0.2, 0.25) is 0 Å². The van der Waals surface area contributed by atoms with Gasteiger partial charge >= 0.3 is 0 Å². The maximum Gasteiger partial charge on any atom is 0.158 e. The summed E-state index contributed by atoms with van der Waals surface area (Å²) >= 11 is 0. The van der Waals surface area contributed by atoms with Crippen LogP contribution in [0.4, 0.5) is 0 Å². The Kier molecular flexibility index (Phi) is 14.2. The molecule has 0 unspecified atom stereocenters. The molecule has 3 rings (SSSR count). The summed E-state index contributed by atoms with van der Waals surface area (Å²) in [6.07, 6.45) is 6.17. The van der Waals surface area contributed by atoms with Gasteiger partial charge in [0.05, 0.1) is 16.5 Å². The molecule has 0 spiro atoms. The molecule has 4 nitrogen and oxygen atoms in total. The van der Waals surface area contributed by atoms with Crippen molar-refractivity contribution in [2.45, 2.75) is 127 Å². The molecule has 0 bridgehead atoms. The summed E-state index contributed by atoms with van der Waals surface area (Å²) < 4.78 is 22.3. The smallest absolute Gasteiger partial charge is 0.158 e. The first-order valence-corrected chi connectivity index (χ1v) is 12.5. The van der Waals surface area contributed by atoms with E-state index >= 15 is 0 Å². The van der Waals surface area contributed by atoms with Crippen molar-refractivity contribution in [3.05, 3.63) is 0 Å². The van der Waals surface area contributed by atoms with E-state index in [-0.39, 0.29) is 32.9 Å². The molecule has 0 aromatic heterocycles. The average Bonchev–Trinajstić information content (AvgIpc) is 3.16. The fourth-order valence-electron chi connectivity index (χ4n) is 3.49. The van der Waals surface area contributed by atoms with Gasteiger partial charge in [-0.2, -0.15) is 0 Å². The minimum atomic E-state index is -2.80. The maximum atomic E-state index is 11.4. The van der Waals surface area contributed by atoms with Gasteiger partial charge in [-0.15, -0.1) is 0 Å². The quantitative estimate of drug-likeness (QED) is 0.406. The zero-order chi connectivity index (χ0) is 22.0. The monoisotopic (exact) mass is 462 g/mol. The minimum absolute atomic E-state index is 0. The Labute approximate surface area is 197 Å². The van der Waals surface area contributed by atoms with Crippen LogP contribution in [-0.2, 0) is 9.84 Å². The molecule has 2 saturated carbocycles. The number of sulfone groups is 1. The number of hydrogen-bond donors (Lipinski definition) is 0. The predicted molar refractivity (Wildman–Crippen MR) is 143 cm³/mol. The molecule has 5 heteroatoms. The molecule has 0 N–H and O–H groups in total. The summed E-state index contributed by atoms with van der Waals surface area (Å²) in [6, 6.07) is 0. The second-order valence-electron chi connectivity index (χ2n) is 11.7. The van der Waals surface area contributed by atoms with Crippen LogP contribution < -0.4 is 0 Å². The highest BCUT2D eigenvalue weighted by Gasteiger charge is 2.43. The van der Waals surface area contributed by atoms with Crippen LogP contribution in [0, 0.1) is 16.7 Å². The molecule has 2 aliphatic carbocycles. The fourth-order valence-corrected chi connectivity index (χ4v) is 5.25. The molecule has 1 heterocycles. The number of hydrogen-bond acceptors (Lipinski definition) is 4. The Morgan fingerprint density at radius 2 is 1.29 bits per heavy atom. The van der Waals surface area contributed by atoms with E-state index in [1.807, 2.05) is 0 Å². The number of likely N-dealkylation sites (N-methyl/N-ethyl adjacent to an activating group) is 1. The van der Waals surface area contributed by atoms with Gasteiger partial charge in [-0.1, -0.05) is 70.2 Å². The molecule has 2 fully saturated rings. The van der Waals surface area contributed by atoms with E-state index in [4.69, 9.17) is 0 Å². The van der Waals surface area contributed by atoms with E-state index in [9.17, 15) is 8.42 Å². The van der Waals surface area contributed by atoms with Crippen LogP contribution >= 0.6 is 0 Å². The van der Waals surface area contributed by atoms with E-state index < -0.39 is 14.6 Å². The first kappa shape index (κ1) is 35.0. The fraction of sp³-hybridized carbons (Fsp3) is 0.962. The van der Waals surface area contributed by atoms with Gasteiger partial charge in [-0.3, -0.25) is 4.99 Å². The standard InChI is InChI=1S/C8H16N2.C8H16.C7H14O2S.3CH4/c1-8(2,3)7-9-5-6-10(7)4;1-8(2,3)7-5-4-6-7;1-7(2,3)10(8,9)6-4-5-6;;;/h5-6H2,1-4H3;7H,4-6H2,1-3H3;6H,4-5H2,1-3H3;3*1H4. The molecule has 0 amide bonds. The third kappa shape index (κ3) is 10.7. The average molecular weight is 463 g/mol. The highest BCUT2D eigenvalue weighted by atomic mass is 32.2. The predicted octanol–water partition coefficient (Wildman–Crippen LogP) is 7.48. The second-order valence-corrected chi connectivity index (χ2v) is 14.7. The lowest BCUT2D eigenvalue weighted by Crippen LogP contribution is -2.33. The van der Waals surface area contributed by atoms with Crippen LogP contribution in [0.3, 0.4) is 0 Å². The minimum Gasteiger partial charge on any atom is -0.361 e. The topological polar surface area (TPSA) is 49.7 Å². The highest BCUT2D eigenvalue weighted by molar-refractivity contribution is 7.93. The van der Waals surface area contributed by atoms with E-state index in [1.54, 1.807) is 20.8 Å². The zero-order valence-corrected chi connectivity index (χ0v) is 21.0. The van der Waals surface area contributed by atoms with E-state index in [1.165, 1.54) is 25.1 Å². The lowest BCUT2D eigenvalue weighted by atomic mass is 9.69. The van der Waals surface area contributed by atoms with Gasteiger partial charge in [0.2, 0.25) is 0 Å². The van der Waals surface area contributed by atoms with Crippen molar-refractivity contribution in [2.24, 2.45) is 21.7 Å². The number of rotatable bonds is 1. The molecular formula is C26H58N2O2S. The largest absolute Gasteiger partial charge is 0.361 e. The van der Waals surface area contributed by atoms with E-state index in [0.717, 1.165) is 31.8 Å². The molecule has 0 atom stereocenters. The molecule has 0 aromatic carbocycles. The molecular weight excluding hydrogens is 404 g/mol. The first-order valence-electron chi connectivity index (χ1n) is 11.0. The van der Waals surface area contributed by atoms with Crippen molar-refractivity contribution >= 4 is 15.7 Å². The van der Waals surface area contributed by atoms with Crippen molar-refractivity contribution in [1.82, 2.24) is 4.90 Å². The normalized spacial score (nSPS) is 19.0. The summed E-state index contributed by atoms with van der Waals surface area (Å²) in [5.74, 6) is 2.27. The van der Waals surface area contributed by atoms with Crippen molar-refractivity contribution in [3.8, 4) is 0 Å². The number of amidine groups is 1. The number of nitrogens with zero attached hydrogens (tertiary/aromatic N) is 2. The van der Waals surface area contributed by atoms with Crippen molar-refractivity contribution in [1.29, 1.82) is 0 Å². The molecule has 190 valence electrons. The molecule has 31 heavy (non-hydrogen) atoms. The van der Waals surface area contributed by atoms with Crippen molar-refractivity contribution in [3.63, 3.8) is 0 Å². The first-order chi connectivity index (χ1) is 12.5. The van der Waals surface area contributed by atoms with Crippen molar-refractivity contribution in [2.75, 3.05) is 20.1 Å². The molecule has 0 saturated heterocycles. The summed E-state index contributed by atoms with van der Waals surface area (Å²) in [6.45, 7) is 21.0. The van der Waals surface area contributed by atoms with Gasteiger partial charge in [-0.25, -0.2) is 8.42 Å². The third-order valence-electron chi connectivity index (χ3n) is 5.88. The Morgan fingerprint density at radius 1 is 0.839 bits per heavy atom. The second kappa shape index (κ2) is 12.6. The maximum absolute atomic E-state index is 11.4. The SMILES string of the molecule is C.C.C.CC(C)(C)C1CCC1.CC(C)(C)S(=O)(=O)C1CC1.CN1CCN=C1C(C)(C)C. The summed E-state index contributed by atoms with van der Waals surface area (Å²) in [4.78, 5) is 6.67. The van der Waals surface area contributed by atoms with Crippen LogP contribution in [0.5, 0.6) is 0 Å². The third-order valence-corrected chi connectivity index (χ3v) is 8.93. The molecule has 3 aliphatic rings. The Morgan fingerprint density at radius 3 is 1.39 bits per heavy atom. The van der Waals surface area contributed by atoms with Crippen LogP contribution in [-0.4, -0.2) is 49.3 Å². The van der Waals surface area contributed by atoms with Gasteiger partial charge in [0.15, 0.2) is 9.84 Å². The lowest BCUT2D eigenvalue weighted by Gasteiger charge is -2.37. The molecule has 0 radical (unpaired) electrons. The lowest BCUT2D eigenvalue weighted by molar-refractivity contribution is 0.141. The number of aliphatic imine (C=N–C) groups is 1. The summed E-state index contributed by atoms with van der Waals surface area (Å²) in [5, 5.41) is -0.0208. The molecule has 1 aliphatic heterocycles. The highest BCUT2D eigenvalue weighted by Crippen LogP contribution is 2.40. The van der Waals surface area contributed by atoms with Crippen LogP contribution in [0.15, 0.2) is 4.99 Å². The van der Waals surface area contributed by atoms with Gasteiger partial charge in [0, 0.05) is 19.0 Å². The van der Waals surface area contributed by atoms with Gasteiger partial charge < -0.3 is 4.90 Å². The zero-order valence-electron chi connectivity index (χ0n) is 20.2. The van der Waals surface area contributed by atoms with E-state index in [0.29, 0.717) is 5.41 Å². The summed E-state index contributed by atoms with van der Waals surface area (Å²) in [7, 11) is -0.695.